The van der Waals surface area contributed by atoms with Gasteiger partial charge in [0.2, 0.25) is 0 Å². The molecule has 112 valence electrons. The van der Waals surface area contributed by atoms with E-state index in [2.05, 4.69) is 42.7 Å². The van der Waals surface area contributed by atoms with Gasteiger partial charge < -0.3 is 5.32 Å². The number of hydrogen-bond acceptors (Lipinski definition) is 2. The molecule has 1 aromatic heterocycles. The normalized spacial score (nSPS) is 17.0. The lowest BCUT2D eigenvalue weighted by Crippen LogP contribution is -2.28. The molecule has 3 nitrogen and oxygen atoms in total. The molecule has 1 heterocycles. The summed E-state index contributed by atoms with van der Waals surface area (Å²) in [6, 6.07) is 8.99. The van der Waals surface area contributed by atoms with Gasteiger partial charge in [-0.05, 0) is 45.2 Å². The zero-order valence-electron chi connectivity index (χ0n) is 13.1. The van der Waals surface area contributed by atoms with E-state index in [9.17, 15) is 0 Å². The van der Waals surface area contributed by atoms with Crippen molar-refractivity contribution in [2.45, 2.75) is 44.6 Å². The van der Waals surface area contributed by atoms with Crippen LogP contribution in [-0.4, -0.2) is 22.9 Å². The summed E-state index contributed by atoms with van der Waals surface area (Å²) in [5.41, 5.74) is 4.06. The maximum absolute atomic E-state index is 4.73. The quantitative estimate of drug-likeness (QED) is 0.850. The molecular formula is C18H25N3. The molecule has 0 amide bonds. The van der Waals surface area contributed by atoms with Crippen LogP contribution < -0.4 is 5.32 Å². The molecule has 1 aromatic carbocycles. The highest BCUT2D eigenvalue weighted by Crippen LogP contribution is 2.24. The van der Waals surface area contributed by atoms with Gasteiger partial charge in [-0.3, -0.25) is 4.68 Å². The Balaban J connectivity index is 1.77. The number of fused-ring (bicyclic) bond motifs is 1. The fourth-order valence-corrected chi connectivity index (χ4v) is 3.36. The molecule has 0 aliphatic heterocycles. The van der Waals surface area contributed by atoms with Gasteiger partial charge in [-0.25, -0.2) is 0 Å². The Hall–Kier alpha value is -1.61. The lowest BCUT2D eigenvalue weighted by Gasteiger charge is -2.19. The largest absolute Gasteiger partial charge is 0.316 e. The number of benzene rings is 1. The summed E-state index contributed by atoms with van der Waals surface area (Å²) >= 11 is 0. The van der Waals surface area contributed by atoms with Crippen molar-refractivity contribution in [3.63, 3.8) is 0 Å². The summed E-state index contributed by atoms with van der Waals surface area (Å²) in [6.45, 7) is 0. The molecule has 0 bridgehead atoms. The summed E-state index contributed by atoms with van der Waals surface area (Å²) < 4.78 is 2.00. The van der Waals surface area contributed by atoms with Crippen LogP contribution >= 0.6 is 0 Å². The SMILES string of the molecule is CNC(CC1=CCCCC1)Cc1nn(C)c2ccccc12. The third kappa shape index (κ3) is 3.18. The Morgan fingerprint density at radius 1 is 1.24 bits per heavy atom. The van der Waals surface area contributed by atoms with Crippen molar-refractivity contribution in [1.29, 1.82) is 0 Å². The van der Waals surface area contributed by atoms with Gasteiger partial charge in [0.25, 0.3) is 0 Å². The first-order chi connectivity index (χ1) is 10.3. The van der Waals surface area contributed by atoms with Gasteiger partial charge in [-0.2, -0.15) is 5.10 Å². The van der Waals surface area contributed by atoms with Crippen LogP contribution in [-0.2, 0) is 13.5 Å². The van der Waals surface area contributed by atoms with E-state index >= 15 is 0 Å². The average Bonchev–Trinajstić information content (AvgIpc) is 2.84. The molecule has 2 aromatic rings. The van der Waals surface area contributed by atoms with Crippen molar-refractivity contribution in [3.05, 3.63) is 41.6 Å². The second-order valence-electron chi connectivity index (χ2n) is 6.09. The van der Waals surface area contributed by atoms with Crippen LogP contribution in [0, 0.1) is 0 Å². The Bertz CT molecular complexity index is 639. The highest BCUT2D eigenvalue weighted by Gasteiger charge is 2.16. The maximum atomic E-state index is 4.73. The zero-order chi connectivity index (χ0) is 14.7. The molecule has 0 saturated carbocycles. The molecule has 1 aliphatic carbocycles. The van der Waals surface area contributed by atoms with E-state index in [0.29, 0.717) is 6.04 Å². The van der Waals surface area contributed by atoms with Crippen LogP contribution in [0.25, 0.3) is 10.9 Å². The monoisotopic (exact) mass is 283 g/mol. The Morgan fingerprint density at radius 3 is 2.86 bits per heavy atom. The number of rotatable bonds is 5. The van der Waals surface area contributed by atoms with Gasteiger partial charge in [0.1, 0.15) is 0 Å². The van der Waals surface area contributed by atoms with Crippen molar-refractivity contribution in [2.24, 2.45) is 7.05 Å². The number of aromatic nitrogens is 2. The van der Waals surface area contributed by atoms with Gasteiger partial charge in [0.15, 0.2) is 0 Å². The Kier molecular flexibility index (Phi) is 4.39. The summed E-state index contributed by atoms with van der Waals surface area (Å²) in [5, 5.41) is 9.50. The molecule has 3 heteroatoms. The van der Waals surface area contributed by atoms with E-state index < -0.39 is 0 Å². The van der Waals surface area contributed by atoms with Gasteiger partial charge in [-0.15, -0.1) is 0 Å². The van der Waals surface area contributed by atoms with Crippen molar-refractivity contribution >= 4 is 10.9 Å². The second-order valence-corrected chi connectivity index (χ2v) is 6.09. The highest BCUT2D eigenvalue weighted by molar-refractivity contribution is 5.81. The van der Waals surface area contributed by atoms with Gasteiger partial charge in [0.05, 0.1) is 11.2 Å². The van der Waals surface area contributed by atoms with E-state index in [1.165, 1.54) is 42.3 Å². The minimum absolute atomic E-state index is 0.479. The molecule has 1 aliphatic rings. The summed E-state index contributed by atoms with van der Waals surface area (Å²) in [5.74, 6) is 0. The van der Waals surface area contributed by atoms with Crippen molar-refractivity contribution in [3.8, 4) is 0 Å². The smallest absolute Gasteiger partial charge is 0.0718 e. The van der Waals surface area contributed by atoms with Crippen LogP contribution in [0.3, 0.4) is 0 Å². The number of allylic oxidation sites excluding steroid dienone is 1. The maximum Gasteiger partial charge on any atom is 0.0718 e. The predicted octanol–water partition coefficient (Wildman–Crippen LogP) is 3.59. The number of para-hydroxylation sites is 1. The molecule has 21 heavy (non-hydrogen) atoms. The van der Waals surface area contributed by atoms with Crippen LogP contribution in [0.5, 0.6) is 0 Å². The number of hydrogen-bond donors (Lipinski definition) is 1. The van der Waals surface area contributed by atoms with E-state index in [-0.39, 0.29) is 0 Å². The first-order valence-electron chi connectivity index (χ1n) is 8.03. The molecule has 0 fully saturated rings. The van der Waals surface area contributed by atoms with E-state index in [4.69, 9.17) is 5.10 Å². The van der Waals surface area contributed by atoms with Crippen LogP contribution in [0.15, 0.2) is 35.9 Å². The lowest BCUT2D eigenvalue weighted by atomic mass is 9.92. The van der Waals surface area contributed by atoms with E-state index in [1.807, 2.05) is 11.7 Å². The van der Waals surface area contributed by atoms with Crippen LogP contribution in [0.2, 0.25) is 0 Å². The first kappa shape index (κ1) is 14.3. The molecule has 1 atom stereocenters. The third-order valence-corrected chi connectivity index (χ3v) is 4.58. The molecule has 0 saturated heterocycles. The third-order valence-electron chi connectivity index (χ3n) is 4.58. The van der Waals surface area contributed by atoms with Crippen molar-refractivity contribution in [2.75, 3.05) is 7.05 Å². The number of nitrogens with one attached hydrogen (secondary N) is 1. The highest BCUT2D eigenvalue weighted by atomic mass is 15.3. The Labute approximate surface area is 127 Å². The molecule has 0 spiro atoms. The fraction of sp³-hybridized carbons (Fsp3) is 0.500. The summed E-state index contributed by atoms with van der Waals surface area (Å²) in [4.78, 5) is 0. The average molecular weight is 283 g/mol. The van der Waals surface area contributed by atoms with Crippen molar-refractivity contribution < 1.29 is 0 Å². The first-order valence-corrected chi connectivity index (χ1v) is 8.03. The number of nitrogens with zero attached hydrogens (tertiary/aromatic N) is 2. The van der Waals surface area contributed by atoms with E-state index in [1.54, 1.807) is 5.57 Å². The second kappa shape index (κ2) is 6.44. The van der Waals surface area contributed by atoms with Crippen LogP contribution in [0.1, 0.15) is 37.8 Å². The van der Waals surface area contributed by atoms with Gasteiger partial charge in [-0.1, -0.05) is 29.8 Å². The number of likely N-dealkylation sites (N-methyl/N-ethyl adjacent to an activating group) is 1. The van der Waals surface area contributed by atoms with Crippen LogP contribution in [0.4, 0.5) is 0 Å². The van der Waals surface area contributed by atoms with Gasteiger partial charge >= 0.3 is 0 Å². The fourth-order valence-electron chi connectivity index (χ4n) is 3.36. The Morgan fingerprint density at radius 2 is 2.10 bits per heavy atom. The van der Waals surface area contributed by atoms with Gasteiger partial charge in [0, 0.05) is 24.9 Å². The zero-order valence-corrected chi connectivity index (χ0v) is 13.1. The van der Waals surface area contributed by atoms with Crippen molar-refractivity contribution in [1.82, 2.24) is 15.1 Å². The minimum atomic E-state index is 0.479. The van der Waals surface area contributed by atoms with E-state index in [0.717, 1.165) is 12.8 Å². The lowest BCUT2D eigenvalue weighted by molar-refractivity contribution is 0.525. The standard InChI is InChI=1S/C18H25N3/c1-19-15(12-14-8-4-3-5-9-14)13-17-16-10-6-7-11-18(16)21(2)20-17/h6-8,10-11,15,19H,3-5,9,12-13H2,1-2H3. The predicted molar refractivity (Wildman–Crippen MR) is 88.4 cm³/mol. The topological polar surface area (TPSA) is 29.9 Å². The summed E-state index contributed by atoms with van der Waals surface area (Å²) in [7, 11) is 4.10. The minimum Gasteiger partial charge on any atom is -0.316 e. The summed E-state index contributed by atoms with van der Waals surface area (Å²) in [6.07, 6.45) is 9.85. The molecular weight excluding hydrogens is 258 g/mol. The molecule has 3 rings (SSSR count). The molecule has 1 unspecified atom stereocenters. The molecule has 0 radical (unpaired) electrons. The molecule has 1 N–H and O–H groups in total. The number of aryl methyl sites for hydroxylation is 1.